The zero-order valence-electron chi connectivity index (χ0n) is 11.1. The van der Waals surface area contributed by atoms with E-state index in [4.69, 9.17) is 0 Å². The molecule has 1 atom stereocenters. The summed E-state index contributed by atoms with van der Waals surface area (Å²) in [6.45, 7) is 3.56. The van der Waals surface area contributed by atoms with Crippen molar-refractivity contribution in [3.05, 3.63) is 44.6 Å². The maximum absolute atomic E-state index is 12.5. The van der Waals surface area contributed by atoms with Gasteiger partial charge in [0.25, 0.3) is 5.56 Å². The standard InChI is InChI=1S/C14H17N3O2/c1-9-4-3-5-11-12(9)15-14(19)17(13(11)18)10-6-7-16(2)8-10/h3-5,10H,6-8H2,1-2H3,(H,15,19). The van der Waals surface area contributed by atoms with E-state index >= 15 is 0 Å². The van der Waals surface area contributed by atoms with Gasteiger partial charge in [-0.1, -0.05) is 12.1 Å². The molecule has 100 valence electrons. The second kappa shape index (κ2) is 4.35. The number of nitrogens with one attached hydrogen (secondary N) is 1. The van der Waals surface area contributed by atoms with Gasteiger partial charge in [0, 0.05) is 6.54 Å². The van der Waals surface area contributed by atoms with Gasteiger partial charge in [-0.15, -0.1) is 0 Å². The van der Waals surface area contributed by atoms with Gasteiger partial charge >= 0.3 is 5.69 Å². The van der Waals surface area contributed by atoms with Crippen LogP contribution in [0.4, 0.5) is 0 Å². The summed E-state index contributed by atoms with van der Waals surface area (Å²) in [6.07, 6.45) is 0.844. The Morgan fingerprint density at radius 2 is 2.11 bits per heavy atom. The Hall–Kier alpha value is -1.88. The highest BCUT2D eigenvalue weighted by atomic mass is 16.2. The molecule has 1 aromatic heterocycles. The summed E-state index contributed by atoms with van der Waals surface area (Å²) in [6, 6.07) is 5.50. The van der Waals surface area contributed by atoms with Crippen LogP contribution < -0.4 is 11.2 Å². The first kappa shape index (κ1) is 12.2. The number of aromatic nitrogens is 2. The van der Waals surface area contributed by atoms with Crippen molar-refractivity contribution in [2.75, 3.05) is 20.1 Å². The lowest BCUT2D eigenvalue weighted by atomic mass is 10.1. The van der Waals surface area contributed by atoms with Crippen LogP contribution in [0.1, 0.15) is 18.0 Å². The number of benzene rings is 1. The number of aromatic amines is 1. The fraction of sp³-hybridized carbons (Fsp3) is 0.429. The van der Waals surface area contributed by atoms with Crippen molar-refractivity contribution >= 4 is 10.9 Å². The number of para-hydroxylation sites is 1. The zero-order chi connectivity index (χ0) is 13.6. The van der Waals surface area contributed by atoms with E-state index in [2.05, 4.69) is 9.88 Å². The Labute approximate surface area is 110 Å². The van der Waals surface area contributed by atoms with Crippen molar-refractivity contribution in [3.63, 3.8) is 0 Å². The number of likely N-dealkylation sites (N-methyl/N-ethyl adjacent to an activating group) is 1. The number of likely N-dealkylation sites (tertiary alicyclic amines) is 1. The van der Waals surface area contributed by atoms with E-state index in [9.17, 15) is 9.59 Å². The predicted molar refractivity (Wildman–Crippen MR) is 74.7 cm³/mol. The molecule has 5 heteroatoms. The Kier molecular flexibility index (Phi) is 2.78. The van der Waals surface area contributed by atoms with E-state index in [0.29, 0.717) is 10.9 Å². The summed E-state index contributed by atoms with van der Waals surface area (Å²) in [5, 5.41) is 0.592. The number of H-pyrrole nitrogens is 1. The van der Waals surface area contributed by atoms with Gasteiger partial charge in [0.2, 0.25) is 0 Å². The molecule has 2 aromatic rings. The highest BCUT2D eigenvalue weighted by Crippen LogP contribution is 2.18. The lowest BCUT2D eigenvalue weighted by Crippen LogP contribution is -2.39. The summed E-state index contributed by atoms with van der Waals surface area (Å²) in [4.78, 5) is 29.7. The number of rotatable bonds is 1. The van der Waals surface area contributed by atoms with Crippen LogP contribution in [0.15, 0.2) is 27.8 Å². The van der Waals surface area contributed by atoms with E-state index in [1.54, 1.807) is 6.07 Å². The van der Waals surface area contributed by atoms with Crippen molar-refractivity contribution in [2.45, 2.75) is 19.4 Å². The molecular formula is C14H17N3O2. The summed E-state index contributed by atoms with van der Waals surface area (Å²) >= 11 is 0. The molecule has 0 saturated carbocycles. The first-order chi connectivity index (χ1) is 9.08. The summed E-state index contributed by atoms with van der Waals surface area (Å²) in [5.41, 5.74) is 1.09. The fourth-order valence-electron chi connectivity index (χ4n) is 2.86. The third-order valence-corrected chi connectivity index (χ3v) is 3.90. The summed E-state index contributed by atoms with van der Waals surface area (Å²) < 4.78 is 1.38. The number of nitrogens with zero attached hydrogens (tertiary/aromatic N) is 2. The number of fused-ring (bicyclic) bond motifs is 1. The fourth-order valence-corrected chi connectivity index (χ4v) is 2.86. The van der Waals surface area contributed by atoms with E-state index in [0.717, 1.165) is 25.1 Å². The second-order valence-corrected chi connectivity index (χ2v) is 5.31. The Balaban J connectivity index is 2.27. The van der Waals surface area contributed by atoms with Crippen LogP contribution in [-0.2, 0) is 0 Å². The Morgan fingerprint density at radius 3 is 2.79 bits per heavy atom. The molecule has 1 aromatic carbocycles. The Bertz CT molecular complexity index is 744. The number of hydrogen-bond acceptors (Lipinski definition) is 3. The van der Waals surface area contributed by atoms with Gasteiger partial charge in [-0.2, -0.15) is 0 Å². The van der Waals surface area contributed by atoms with Crippen molar-refractivity contribution in [1.29, 1.82) is 0 Å². The van der Waals surface area contributed by atoms with Gasteiger partial charge in [-0.05, 0) is 38.6 Å². The molecule has 1 unspecified atom stereocenters. The molecule has 1 fully saturated rings. The van der Waals surface area contributed by atoms with Crippen LogP contribution in [0.3, 0.4) is 0 Å². The lowest BCUT2D eigenvalue weighted by Gasteiger charge is -2.14. The molecule has 1 N–H and O–H groups in total. The predicted octanol–water partition coefficient (Wildman–Crippen LogP) is 0.875. The van der Waals surface area contributed by atoms with Crippen molar-refractivity contribution in [1.82, 2.24) is 14.5 Å². The van der Waals surface area contributed by atoms with Crippen LogP contribution >= 0.6 is 0 Å². The van der Waals surface area contributed by atoms with Gasteiger partial charge in [-0.3, -0.25) is 9.36 Å². The van der Waals surface area contributed by atoms with E-state index in [1.165, 1.54) is 4.57 Å². The third-order valence-electron chi connectivity index (χ3n) is 3.90. The normalized spacial score (nSPS) is 20.2. The molecule has 19 heavy (non-hydrogen) atoms. The van der Waals surface area contributed by atoms with Gasteiger partial charge in [-0.25, -0.2) is 4.79 Å². The molecule has 5 nitrogen and oxygen atoms in total. The molecule has 0 radical (unpaired) electrons. The van der Waals surface area contributed by atoms with Gasteiger partial charge in [0.05, 0.1) is 16.9 Å². The molecular weight excluding hydrogens is 242 g/mol. The van der Waals surface area contributed by atoms with Crippen LogP contribution in [0.25, 0.3) is 10.9 Å². The monoisotopic (exact) mass is 259 g/mol. The van der Waals surface area contributed by atoms with Crippen molar-refractivity contribution in [2.24, 2.45) is 0 Å². The first-order valence-electron chi connectivity index (χ1n) is 6.50. The molecule has 1 aliphatic rings. The first-order valence-corrected chi connectivity index (χ1v) is 6.50. The molecule has 3 rings (SSSR count). The molecule has 1 aliphatic heterocycles. The largest absolute Gasteiger partial charge is 0.329 e. The maximum atomic E-state index is 12.5. The molecule has 0 aliphatic carbocycles. The summed E-state index contributed by atoms with van der Waals surface area (Å²) in [7, 11) is 2.00. The minimum absolute atomic E-state index is 0.0221. The lowest BCUT2D eigenvalue weighted by molar-refractivity contribution is 0.386. The third kappa shape index (κ3) is 1.90. The van der Waals surface area contributed by atoms with Crippen LogP contribution in [0, 0.1) is 6.92 Å². The molecule has 0 spiro atoms. The highest BCUT2D eigenvalue weighted by Gasteiger charge is 2.24. The van der Waals surface area contributed by atoms with Gasteiger partial charge < -0.3 is 9.88 Å². The van der Waals surface area contributed by atoms with Crippen molar-refractivity contribution in [3.8, 4) is 0 Å². The summed E-state index contributed by atoms with van der Waals surface area (Å²) in [5.74, 6) is 0. The Morgan fingerprint density at radius 1 is 1.32 bits per heavy atom. The van der Waals surface area contributed by atoms with Crippen molar-refractivity contribution < 1.29 is 0 Å². The molecule has 0 amide bonds. The topological polar surface area (TPSA) is 58.1 Å². The average Bonchev–Trinajstić information content (AvgIpc) is 2.77. The minimum Gasteiger partial charge on any atom is -0.306 e. The van der Waals surface area contributed by atoms with Gasteiger partial charge in [0.1, 0.15) is 0 Å². The molecule has 2 heterocycles. The molecule has 1 saturated heterocycles. The van der Waals surface area contributed by atoms with Crippen LogP contribution in [0.5, 0.6) is 0 Å². The zero-order valence-corrected chi connectivity index (χ0v) is 11.1. The highest BCUT2D eigenvalue weighted by molar-refractivity contribution is 5.80. The van der Waals surface area contributed by atoms with E-state index < -0.39 is 0 Å². The SMILES string of the molecule is Cc1cccc2c(=O)n(C3CCN(C)C3)c(=O)[nH]c12. The second-order valence-electron chi connectivity index (χ2n) is 5.31. The van der Waals surface area contributed by atoms with Crippen LogP contribution in [0.2, 0.25) is 0 Å². The molecule has 0 bridgehead atoms. The number of aryl methyl sites for hydroxylation is 1. The van der Waals surface area contributed by atoms with Crippen LogP contribution in [-0.4, -0.2) is 34.6 Å². The average molecular weight is 259 g/mol. The quantitative estimate of drug-likeness (QED) is 0.827. The number of hydrogen-bond donors (Lipinski definition) is 1. The minimum atomic E-state index is -0.299. The van der Waals surface area contributed by atoms with E-state index in [-0.39, 0.29) is 17.3 Å². The van der Waals surface area contributed by atoms with Gasteiger partial charge in [0.15, 0.2) is 0 Å². The van der Waals surface area contributed by atoms with E-state index in [1.807, 2.05) is 26.1 Å². The smallest absolute Gasteiger partial charge is 0.306 e. The maximum Gasteiger partial charge on any atom is 0.329 e.